The van der Waals surface area contributed by atoms with E-state index in [1.54, 1.807) is 18.7 Å². The lowest BCUT2D eigenvalue weighted by molar-refractivity contribution is 0.421. The summed E-state index contributed by atoms with van der Waals surface area (Å²) < 4.78 is 5.35. The molecule has 0 amide bonds. The van der Waals surface area contributed by atoms with E-state index in [1.165, 1.54) is 0 Å². The number of nitrogens with zero attached hydrogens (tertiary/aromatic N) is 3. The third-order valence-corrected chi connectivity index (χ3v) is 2.84. The van der Waals surface area contributed by atoms with Crippen LogP contribution in [0, 0.1) is 0 Å². The topological polar surface area (TPSA) is 54.2 Å². The largest absolute Gasteiger partial charge is 0.467 e. The van der Waals surface area contributed by atoms with Gasteiger partial charge < -0.3 is 14.6 Å². The first-order valence-corrected chi connectivity index (χ1v) is 6.73. The Hall–Kier alpha value is -1.88. The highest BCUT2D eigenvalue weighted by atomic mass is 16.3. The van der Waals surface area contributed by atoms with Crippen molar-refractivity contribution in [2.45, 2.75) is 39.4 Å². The Labute approximate surface area is 120 Å². The van der Waals surface area contributed by atoms with Crippen molar-refractivity contribution in [3.8, 4) is 0 Å². The molecule has 0 aliphatic heterocycles. The number of rotatable bonds is 5. The highest BCUT2D eigenvalue weighted by Gasteiger charge is 2.11. The first-order valence-electron chi connectivity index (χ1n) is 6.73. The van der Waals surface area contributed by atoms with Crippen molar-refractivity contribution in [3.05, 3.63) is 42.2 Å². The van der Waals surface area contributed by atoms with Crippen LogP contribution in [0.2, 0.25) is 0 Å². The van der Waals surface area contributed by atoms with Crippen LogP contribution >= 0.6 is 0 Å². The zero-order valence-corrected chi connectivity index (χ0v) is 12.6. The minimum atomic E-state index is 0.0672. The van der Waals surface area contributed by atoms with Crippen LogP contribution in [0.5, 0.6) is 0 Å². The molecule has 0 unspecified atom stereocenters. The quantitative estimate of drug-likeness (QED) is 0.908. The minimum Gasteiger partial charge on any atom is -0.467 e. The van der Waals surface area contributed by atoms with Crippen molar-refractivity contribution in [1.82, 2.24) is 15.3 Å². The van der Waals surface area contributed by atoms with E-state index in [2.05, 4.69) is 36.1 Å². The predicted octanol–water partition coefficient (Wildman–Crippen LogP) is 2.59. The highest BCUT2D eigenvalue weighted by Crippen LogP contribution is 2.12. The smallest absolute Gasteiger partial charge is 0.147 e. The van der Waals surface area contributed by atoms with Gasteiger partial charge in [0.25, 0.3) is 0 Å². The number of nitrogens with one attached hydrogen (secondary N) is 1. The van der Waals surface area contributed by atoms with Crippen LogP contribution in [-0.2, 0) is 13.1 Å². The average molecular weight is 274 g/mol. The molecule has 2 heterocycles. The second kappa shape index (κ2) is 6.05. The molecule has 0 aliphatic carbocycles. The molecule has 5 heteroatoms. The van der Waals surface area contributed by atoms with E-state index in [0.29, 0.717) is 13.1 Å². The molecule has 20 heavy (non-hydrogen) atoms. The SMILES string of the molecule is CN(Cc1ccco1)c1cncc(CNC(C)(C)C)n1. The Morgan fingerprint density at radius 1 is 1.30 bits per heavy atom. The molecule has 2 rings (SSSR count). The number of anilines is 1. The Morgan fingerprint density at radius 3 is 2.75 bits per heavy atom. The number of hydrogen-bond donors (Lipinski definition) is 1. The Morgan fingerprint density at radius 2 is 2.10 bits per heavy atom. The van der Waals surface area contributed by atoms with Crippen LogP contribution in [0.3, 0.4) is 0 Å². The van der Waals surface area contributed by atoms with Crippen LogP contribution in [-0.4, -0.2) is 22.6 Å². The molecule has 2 aromatic heterocycles. The molecule has 0 aromatic carbocycles. The van der Waals surface area contributed by atoms with Crippen molar-refractivity contribution >= 4 is 5.82 Å². The van der Waals surface area contributed by atoms with Gasteiger partial charge in [0.2, 0.25) is 0 Å². The summed E-state index contributed by atoms with van der Waals surface area (Å²) in [6.07, 6.45) is 5.24. The van der Waals surface area contributed by atoms with Crippen LogP contribution in [0.4, 0.5) is 5.82 Å². The summed E-state index contributed by atoms with van der Waals surface area (Å²) in [5.41, 5.74) is 1.00. The Kier molecular flexibility index (Phi) is 4.39. The molecule has 1 N–H and O–H groups in total. The summed E-state index contributed by atoms with van der Waals surface area (Å²) in [7, 11) is 1.98. The van der Waals surface area contributed by atoms with Crippen molar-refractivity contribution in [2.75, 3.05) is 11.9 Å². The van der Waals surface area contributed by atoms with E-state index < -0.39 is 0 Å². The van der Waals surface area contributed by atoms with E-state index in [9.17, 15) is 0 Å². The van der Waals surface area contributed by atoms with Gasteiger partial charge in [-0.3, -0.25) is 4.98 Å². The molecule has 108 valence electrons. The van der Waals surface area contributed by atoms with Gasteiger partial charge in [-0.1, -0.05) is 0 Å². The van der Waals surface area contributed by atoms with Crippen molar-refractivity contribution in [1.29, 1.82) is 0 Å². The second-order valence-electron chi connectivity index (χ2n) is 5.91. The molecule has 0 aliphatic rings. The fourth-order valence-electron chi connectivity index (χ4n) is 1.74. The standard InChI is InChI=1S/C15H22N4O/c1-15(2,3)17-9-12-8-16-10-14(18-12)19(4)11-13-6-5-7-20-13/h5-8,10,17H,9,11H2,1-4H3. The summed E-state index contributed by atoms with van der Waals surface area (Å²) in [5.74, 6) is 1.75. The molecule has 0 bridgehead atoms. The molecule has 0 saturated heterocycles. The van der Waals surface area contributed by atoms with Gasteiger partial charge in [0.15, 0.2) is 0 Å². The minimum absolute atomic E-state index is 0.0672. The molecule has 0 atom stereocenters. The average Bonchev–Trinajstić information content (AvgIpc) is 2.89. The van der Waals surface area contributed by atoms with Crippen LogP contribution in [0.15, 0.2) is 35.2 Å². The molecule has 5 nitrogen and oxygen atoms in total. The van der Waals surface area contributed by atoms with Gasteiger partial charge in [0.05, 0.1) is 24.7 Å². The van der Waals surface area contributed by atoms with E-state index >= 15 is 0 Å². The normalized spacial score (nSPS) is 11.6. The maximum atomic E-state index is 5.35. The molecule has 0 spiro atoms. The highest BCUT2D eigenvalue weighted by molar-refractivity contribution is 5.35. The summed E-state index contributed by atoms with van der Waals surface area (Å²) in [5, 5.41) is 3.41. The zero-order chi connectivity index (χ0) is 14.6. The van der Waals surface area contributed by atoms with Gasteiger partial charge in [-0.2, -0.15) is 0 Å². The van der Waals surface area contributed by atoms with Crippen LogP contribution in [0.25, 0.3) is 0 Å². The lowest BCUT2D eigenvalue weighted by atomic mass is 10.1. The zero-order valence-electron chi connectivity index (χ0n) is 12.6. The van der Waals surface area contributed by atoms with Crippen molar-refractivity contribution in [3.63, 3.8) is 0 Å². The molecular weight excluding hydrogens is 252 g/mol. The first kappa shape index (κ1) is 14.5. The van der Waals surface area contributed by atoms with Gasteiger partial charge in [-0.05, 0) is 32.9 Å². The maximum absolute atomic E-state index is 5.35. The first-order chi connectivity index (χ1) is 9.44. The van der Waals surface area contributed by atoms with E-state index in [-0.39, 0.29) is 5.54 Å². The second-order valence-corrected chi connectivity index (χ2v) is 5.91. The summed E-state index contributed by atoms with van der Waals surface area (Å²) in [6.45, 7) is 7.78. The number of hydrogen-bond acceptors (Lipinski definition) is 5. The van der Waals surface area contributed by atoms with E-state index in [0.717, 1.165) is 17.3 Å². The third kappa shape index (κ3) is 4.35. The molecule has 0 saturated carbocycles. The number of furan rings is 1. The summed E-state index contributed by atoms with van der Waals surface area (Å²) in [4.78, 5) is 10.9. The van der Waals surface area contributed by atoms with Gasteiger partial charge in [0.1, 0.15) is 11.6 Å². The predicted molar refractivity (Wildman–Crippen MR) is 79.4 cm³/mol. The van der Waals surface area contributed by atoms with Gasteiger partial charge in [-0.25, -0.2) is 4.98 Å². The Balaban J connectivity index is 2.01. The fraction of sp³-hybridized carbons (Fsp3) is 0.467. The third-order valence-electron chi connectivity index (χ3n) is 2.84. The Bertz CT molecular complexity index is 531. The molecule has 0 fully saturated rings. The lowest BCUT2D eigenvalue weighted by Gasteiger charge is -2.21. The van der Waals surface area contributed by atoms with Crippen LogP contribution < -0.4 is 10.2 Å². The summed E-state index contributed by atoms with van der Waals surface area (Å²) in [6, 6.07) is 3.84. The summed E-state index contributed by atoms with van der Waals surface area (Å²) >= 11 is 0. The van der Waals surface area contributed by atoms with Gasteiger partial charge >= 0.3 is 0 Å². The monoisotopic (exact) mass is 274 g/mol. The molecule has 2 aromatic rings. The van der Waals surface area contributed by atoms with Crippen LogP contribution in [0.1, 0.15) is 32.2 Å². The van der Waals surface area contributed by atoms with E-state index in [1.807, 2.05) is 24.1 Å². The lowest BCUT2D eigenvalue weighted by Crippen LogP contribution is -2.35. The van der Waals surface area contributed by atoms with E-state index in [4.69, 9.17) is 4.42 Å². The fourth-order valence-corrected chi connectivity index (χ4v) is 1.74. The molecule has 0 radical (unpaired) electrons. The van der Waals surface area contributed by atoms with Crippen molar-refractivity contribution in [2.24, 2.45) is 0 Å². The van der Waals surface area contributed by atoms with Gasteiger partial charge in [0, 0.05) is 25.3 Å². The molecular formula is C15H22N4O. The maximum Gasteiger partial charge on any atom is 0.147 e. The van der Waals surface area contributed by atoms with Crippen molar-refractivity contribution < 1.29 is 4.42 Å². The van der Waals surface area contributed by atoms with Gasteiger partial charge in [-0.15, -0.1) is 0 Å². The number of aromatic nitrogens is 2.